The van der Waals surface area contributed by atoms with E-state index in [1.54, 1.807) is 19.1 Å². The van der Waals surface area contributed by atoms with Crippen molar-refractivity contribution in [3.8, 4) is 11.3 Å². The first-order valence-electron chi connectivity index (χ1n) is 10.0. The fraction of sp³-hybridized carbons (Fsp3) is 0.273. The first kappa shape index (κ1) is 22.6. The number of rotatable bonds is 5. The Kier molecular flexibility index (Phi) is 6.43. The smallest absolute Gasteiger partial charge is 0.263 e. The van der Waals surface area contributed by atoms with Crippen molar-refractivity contribution in [1.29, 1.82) is 0 Å². The van der Waals surface area contributed by atoms with Crippen LogP contribution in [0.25, 0.3) is 11.3 Å². The number of aromatic nitrogens is 2. The maximum absolute atomic E-state index is 14.0. The molecule has 2 atom stereocenters. The van der Waals surface area contributed by atoms with E-state index in [1.807, 2.05) is 6.92 Å². The number of anilines is 1. The van der Waals surface area contributed by atoms with Gasteiger partial charge in [-0.25, -0.2) is 17.8 Å². The van der Waals surface area contributed by atoms with E-state index < -0.39 is 15.8 Å². The number of hydrogen-bond donors (Lipinski definition) is 2. The van der Waals surface area contributed by atoms with Gasteiger partial charge in [0.2, 0.25) is 0 Å². The van der Waals surface area contributed by atoms with Crippen LogP contribution in [-0.2, 0) is 14.8 Å². The van der Waals surface area contributed by atoms with Crippen LogP contribution >= 0.6 is 11.6 Å². The summed E-state index contributed by atoms with van der Waals surface area (Å²) in [5.41, 5.74) is 1.66. The molecule has 10 heteroatoms. The van der Waals surface area contributed by atoms with Crippen LogP contribution in [0.4, 0.5) is 10.2 Å². The molecule has 2 unspecified atom stereocenters. The molecule has 4 rings (SSSR count). The van der Waals surface area contributed by atoms with Gasteiger partial charge in [-0.1, -0.05) is 23.7 Å². The van der Waals surface area contributed by atoms with Crippen molar-refractivity contribution in [1.82, 2.24) is 15.3 Å². The summed E-state index contributed by atoms with van der Waals surface area (Å²) >= 11 is 6.27. The van der Waals surface area contributed by atoms with Crippen molar-refractivity contribution in [2.24, 2.45) is 0 Å². The molecule has 1 fully saturated rings. The average Bonchev–Trinajstić information content (AvgIpc) is 2.77. The molecule has 2 N–H and O–H groups in total. The van der Waals surface area contributed by atoms with E-state index in [-0.39, 0.29) is 33.6 Å². The van der Waals surface area contributed by atoms with Gasteiger partial charge in [-0.2, -0.15) is 0 Å². The lowest BCUT2D eigenvalue weighted by Gasteiger charge is -2.29. The predicted molar refractivity (Wildman–Crippen MR) is 121 cm³/mol. The molecule has 32 heavy (non-hydrogen) atoms. The van der Waals surface area contributed by atoms with Gasteiger partial charge in [0.1, 0.15) is 17.7 Å². The fourth-order valence-electron chi connectivity index (χ4n) is 3.56. The highest BCUT2D eigenvalue weighted by molar-refractivity contribution is 7.92. The van der Waals surface area contributed by atoms with Crippen LogP contribution in [0.5, 0.6) is 0 Å². The second kappa shape index (κ2) is 9.11. The standard InChI is InChI=1S/C22H22ClFN4O3S/c1-13-16(4-3-5-18(13)24)21-17(23)6-7-20(27-21)28-32(29,30)15-8-9-26-19(12-15)22-14(2)25-10-11-31-22/h3-9,12,14,22,25H,10-11H2,1-2H3,(H,27,28). The highest BCUT2D eigenvalue weighted by atomic mass is 35.5. The van der Waals surface area contributed by atoms with Crippen molar-refractivity contribution in [3.63, 3.8) is 0 Å². The SMILES string of the molecule is Cc1c(F)cccc1-c1nc(NS(=O)(=O)c2ccnc(C3OCCNC3C)c2)ccc1Cl. The van der Waals surface area contributed by atoms with Crippen molar-refractivity contribution in [3.05, 3.63) is 70.8 Å². The number of benzene rings is 1. The molecule has 0 amide bonds. The zero-order valence-electron chi connectivity index (χ0n) is 17.5. The normalized spacial score (nSPS) is 19.0. The molecule has 3 aromatic rings. The van der Waals surface area contributed by atoms with E-state index in [0.717, 1.165) is 6.54 Å². The minimum atomic E-state index is -3.97. The van der Waals surface area contributed by atoms with Crippen LogP contribution in [0.1, 0.15) is 24.3 Å². The monoisotopic (exact) mass is 476 g/mol. The van der Waals surface area contributed by atoms with Crippen LogP contribution in [0.2, 0.25) is 5.02 Å². The van der Waals surface area contributed by atoms with E-state index in [4.69, 9.17) is 16.3 Å². The molecular formula is C22H22ClFN4O3S. The summed E-state index contributed by atoms with van der Waals surface area (Å²) in [6.45, 7) is 4.81. The van der Waals surface area contributed by atoms with E-state index in [2.05, 4.69) is 20.0 Å². The summed E-state index contributed by atoms with van der Waals surface area (Å²) < 4.78 is 48.3. The van der Waals surface area contributed by atoms with Gasteiger partial charge >= 0.3 is 0 Å². The Balaban J connectivity index is 1.64. The number of nitrogens with zero attached hydrogens (tertiary/aromatic N) is 2. The number of halogens is 2. The van der Waals surface area contributed by atoms with Crippen LogP contribution in [0.15, 0.2) is 53.6 Å². The molecular weight excluding hydrogens is 455 g/mol. The summed E-state index contributed by atoms with van der Waals surface area (Å²) in [7, 11) is -3.97. The van der Waals surface area contributed by atoms with Gasteiger partial charge in [0.05, 0.1) is 27.9 Å². The van der Waals surface area contributed by atoms with Gasteiger partial charge in [0.25, 0.3) is 10.0 Å². The summed E-state index contributed by atoms with van der Waals surface area (Å²) in [5.74, 6) is -0.334. The third-order valence-electron chi connectivity index (χ3n) is 5.28. The number of sulfonamides is 1. The molecule has 0 aliphatic carbocycles. The first-order valence-corrected chi connectivity index (χ1v) is 11.9. The average molecular weight is 477 g/mol. The first-order chi connectivity index (χ1) is 15.3. The molecule has 3 heterocycles. The maximum atomic E-state index is 14.0. The number of nitrogens with one attached hydrogen (secondary N) is 2. The number of pyridine rings is 2. The summed E-state index contributed by atoms with van der Waals surface area (Å²) in [6.07, 6.45) is 1.08. The second-order valence-electron chi connectivity index (χ2n) is 7.50. The van der Waals surface area contributed by atoms with Crippen molar-refractivity contribution in [2.45, 2.75) is 30.9 Å². The topological polar surface area (TPSA) is 93.2 Å². The van der Waals surface area contributed by atoms with Gasteiger partial charge in [-0.3, -0.25) is 9.71 Å². The third kappa shape index (κ3) is 4.61. The largest absolute Gasteiger partial charge is 0.369 e. The Bertz CT molecular complexity index is 1260. The molecule has 0 spiro atoms. The quantitative estimate of drug-likeness (QED) is 0.576. The van der Waals surface area contributed by atoms with Crippen molar-refractivity contribution in [2.75, 3.05) is 17.9 Å². The molecule has 0 radical (unpaired) electrons. The minimum Gasteiger partial charge on any atom is -0.369 e. The van der Waals surface area contributed by atoms with E-state index >= 15 is 0 Å². The zero-order chi connectivity index (χ0) is 22.9. The van der Waals surface area contributed by atoms with Crippen molar-refractivity contribution < 1.29 is 17.5 Å². The Hall–Kier alpha value is -2.59. The summed E-state index contributed by atoms with van der Waals surface area (Å²) in [5, 5.41) is 3.57. The van der Waals surface area contributed by atoms with Crippen LogP contribution in [-0.4, -0.2) is 37.6 Å². The fourth-order valence-corrected chi connectivity index (χ4v) is 4.79. The predicted octanol–water partition coefficient (Wildman–Crippen LogP) is 4.09. The Morgan fingerprint density at radius 3 is 2.84 bits per heavy atom. The second-order valence-corrected chi connectivity index (χ2v) is 9.59. The number of ether oxygens (including phenoxy) is 1. The number of hydrogen-bond acceptors (Lipinski definition) is 6. The third-order valence-corrected chi connectivity index (χ3v) is 6.94. The van der Waals surface area contributed by atoms with Gasteiger partial charge in [-0.15, -0.1) is 0 Å². The zero-order valence-corrected chi connectivity index (χ0v) is 19.0. The molecule has 1 aliphatic rings. The molecule has 2 aromatic heterocycles. The van der Waals surface area contributed by atoms with Crippen molar-refractivity contribution >= 4 is 27.4 Å². The molecule has 1 saturated heterocycles. The van der Waals surface area contributed by atoms with Crippen LogP contribution in [0.3, 0.4) is 0 Å². The molecule has 1 aliphatic heterocycles. The Morgan fingerprint density at radius 2 is 2.06 bits per heavy atom. The van der Waals surface area contributed by atoms with Gasteiger partial charge in [0, 0.05) is 24.3 Å². The van der Waals surface area contributed by atoms with Crippen LogP contribution < -0.4 is 10.0 Å². The lowest BCUT2D eigenvalue weighted by Crippen LogP contribution is -2.41. The van der Waals surface area contributed by atoms with E-state index in [0.29, 0.717) is 23.4 Å². The molecule has 0 bridgehead atoms. The van der Waals surface area contributed by atoms with E-state index in [9.17, 15) is 12.8 Å². The van der Waals surface area contributed by atoms with Gasteiger partial charge in [0.15, 0.2) is 0 Å². The molecule has 7 nitrogen and oxygen atoms in total. The maximum Gasteiger partial charge on any atom is 0.263 e. The number of morpholine rings is 1. The Morgan fingerprint density at radius 1 is 1.25 bits per heavy atom. The van der Waals surface area contributed by atoms with Gasteiger partial charge < -0.3 is 10.1 Å². The van der Waals surface area contributed by atoms with Crippen LogP contribution in [0, 0.1) is 12.7 Å². The Labute approximate surface area is 191 Å². The highest BCUT2D eigenvalue weighted by Crippen LogP contribution is 2.31. The summed E-state index contributed by atoms with van der Waals surface area (Å²) in [4.78, 5) is 8.66. The highest BCUT2D eigenvalue weighted by Gasteiger charge is 2.26. The lowest BCUT2D eigenvalue weighted by molar-refractivity contribution is -0.00295. The molecule has 0 saturated carbocycles. The molecule has 168 valence electrons. The van der Waals surface area contributed by atoms with E-state index in [1.165, 1.54) is 36.5 Å². The lowest BCUT2D eigenvalue weighted by atomic mass is 10.0. The minimum absolute atomic E-state index is 0.00263. The summed E-state index contributed by atoms with van der Waals surface area (Å²) in [6, 6.07) is 10.4. The van der Waals surface area contributed by atoms with Gasteiger partial charge in [-0.05, 0) is 49.7 Å². The molecule has 1 aromatic carbocycles.